The molecule has 1 aliphatic rings. The minimum Gasteiger partial charge on any atom is -0.507 e. The summed E-state index contributed by atoms with van der Waals surface area (Å²) >= 11 is 0. The minimum atomic E-state index is -0.730. The number of ether oxygens (including phenoxy) is 2. The summed E-state index contributed by atoms with van der Waals surface area (Å²) in [6.07, 6.45) is 1.62. The van der Waals surface area contributed by atoms with Crippen LogP contribution in [0.1, 0.15) is 63.3 Å². The third kappa shape index (κ3) is 6.76. The van der Waals surface area contributed by atoms with E-state index < -0.39 is 17.7 Å². The number of Topliss-reactive ketones (excluding diaryl/α,β-unsaturated/α-hetero) is 1. The lowest BCUT2D eigenvalue weighted by Crippen LogP contribution is -2.33. The fourth-order valence-corrected chi connectivity index (χ4v) is 4.71. The van der Waals surface area contributed by atoms with Gasteiger partial charge in [-0.15, -0.1) is 0 Å². The van der Waals surface area contributed by atoms with Crippen molar-refractivity contribution in [2.75, 3.05) is 39.9 Å². The van der Waals surface area contributed by atoms with Crippen LogP contribution in [0.4, 0.5) is 0 Å². The van der Waals surface area contributed by atoms with Crippen LogP contribution in [0.3, 0.4) is 0 Å². The Balaban J connectivity index is 2.03. The van der Waals surface area contributed by atoms with Gasteiger partial charge in [0, 0.05) is 12.1 Å². The molecule has 0 spiro atoms. The van der Waals surface area contributed by atoms with E-state index in [-0.39, 0.29) is 11.3 Å². The molecule has 1 atom stereocenters. The Morgan fingerprint density at radius 1 is 1.05 bits per heavy atom. The number of aliphatic hydroxyl groups is 1. The molecule has 0 saturated carbocycles. The maximum atomic E-state index is 13.3. The molecule has 38 heavy (non-hydrogen) atoms. The van der Waals surface area contributed by atoms with Crippen LogP contribution in [-0.2, 0) is 9.59 Å². The van der Waals surface area contributed by atoms with Crippen LogP contribution in [0, 0.1) is 12.8 Å². The molecular formula is C31H42N2O5. The molecule has 0 radical (unpaired) electrons. The zero-order valence-corrected chi connectivity index (χ0v) is 23.6. The number of rotatable bonds is 13. The van der Waals surface area contributed by atoms with Crippen molar-refractivity contribution in [3.05, 3.63) is 64.7 Å². The van der Waals surface area contributed by atoms with E-state index in [1.54, 1.807) is 30.2 Å². The molecule has 2 aromatic rings. The van der Waals surface area contributed by atoms with Crippen LogP contribution in [-0.4, -0.2) is 66.5 Å². The third-order valence-electron chi connectivity index (χ3n) is 7.09. The van der Waals surface area contributed by atoms with Crippen LogP contribution in [0.15, 0.2) is 48.0 Å². The highest BCUT2D eigenvalue weighted by molar-refractivity contribution is 6.46. The smallest absolute Gasteiger partial charge is 0.295 e. The number of nitrogens with zero attached hydrogens (tertiary/aromatic N) is 2. The van der Waals surface area contributed by atoms with E-state index in [1.807, 2.05) is 31.2 Å². The van der Waals surface area contributed by atoms with Crippen molar-refractivity contribution in [3.63, 3.8) is 0 Å². The SMILES string of the molecule is CCN(CC)CCCN1C(=O)C(=O)/C(=C(/O)c2ccc(C)cc2)C1c1ccc(OCCC(C)C)c(OC)c1. The molecule has 0 aliphatic carbocycles. The topological polar surface area (TPSA) is 79.3 Å². The lowest BCUT2D eigenvalue weighted by molar-refractivity contribution is -0.140. The van der Waals surface area contributed by atoms with Crippen LogP contribution in [0.25, 0.3) is 5.76 Å². The van der Waals surface area contributed by atoms with Gasteiger partial charge >= 0.3 is 0 Å². The molecule has 0 bridgehead atoms. The first-order chi connectivity index (χ1) is 18.2. The van der Waals surface area contributed by atoms with Gasteiger partial charge in [0.25, 0.3) is 11.7 Å². The number of likely N-dealkylation sites (tertiary alicyclic amines) is 1. The van der Waals surface area contributed by atoms with Crippen molar-refractivity contribution >= 4 is 17.4 Å². The molecular weight excluding hydrogens is 480 g/mol. The highest BCUT2D eigenvalue weighted by Crippen LogP contribution is 2.42. The number of aliphatic hydroxyl groups excluding tert-OH is 1. The highest BCUT2D eigenvalue weighted by Gasteiger charge is 2.46. The van der Waals surface area contributed by atoms with Crippen molar-refractivity contribution in [2.45, 2.75) is 53.5 Å². The average molecular weight is 523 g/mol. The monoisotopic (exact) mass is 522 g/mol. The summed E-state index contributed by atoms with van der Waals surface area (Å²) in [6.45, 7) is 14.0. The van der Waals surface area contributed by atoms with Crippen molar-refractivity contribution in [1.29, 1.82) is 0 Å². The Hall–Kier alpha value is -3.32. The van der Waals surface area contributed by atoms with Gasteiger partial charge in [0.1, 0.15) is 5.76 Å². The Kier molecular flexibility index (Phi) is 10.4. The van der Waals surface area contributed by atoms with E-state index in [0.29, 0.717) is 48.1 Å². The normalized spacial score (nSPS) is 17.1. The first-order valence-corrected chi connectivity index (χ1v) is 13.6. The van der Waals surface area contributed by atoms with Gasteiger partial charge in [-0.2, -0.15) is 0 Å². The van der Waals surface area contributed by atoms with Gasteiger partial charge in [-0.25, -0.2) is 0 Å². The van der Waals surface area contributed by atoms with Gasteiger partial charge in [0.15, 0.2) is 11.5 Å². The fourth-order valence-electron chi connectivity index (χ4n) is 4.71. The molecule has 1 heterocycles. The van der Waals surface area contributed by atoms with E-state index in [1.165, 1.54) is 0 Å². The first kappa shape index (κ1) is 29.2. The quantitative estimate of drug-likeness (QED) is 0.210. The molecule has 1 fully saturated rings. The highest BCUT2D eigenvalue weighted by atomic mass is 16.5. The van der Waals surface area contributed by atoms with E-state index in [0.717, 1.165) is 31.6 Å². The van der Waals surface area contributed by atoms with Gasteiger partial charge in [-0.05, 0) is 63.0 Å². The molecule has 2 aromatic carbocycles. The summed E-state index contributed by atoms with van der Waals surface area (Å²) in [6, 6.07) is 12.0. The number of amides is 1. The van der Waals surface area contributed by atoms with Crippen molar-refractivity contribution in [2.24, 2.45) is 5.92 Å². The first-order valence-electron chi connectivity index (χ1n) is 13.6. The zero-order valence-electron chi connectivity index (χ0n) is 23.6. The number of carbonyl (C=O) groups is 2. The van der Waals surface area contributed by atoms with Crippen LogP contribution < -0.4 is 9.47 Å². The van der Waals surface area contributed by atoms with Gasteiger partial charge in [-0.3, -0.25) is 9.59 Å². The van der Waals surface area contributed by atoms with Crippen molar-refractivity contribution in [1.82, 2.24) is 9.80 Å². The Morgan fingerprint density at radius 3 is 2.34 bits per heavy atom. The van der Waals surface area contributed by atoms with Crippen molar-refractivity contribution in [3.8, 4) is 11.5 Å². The van der Waals surface area contributed by atoms with Gasteiger partial charge in [0.2, 0.25) is 0 Å². The maximum Gasteiger partial charge on any atom is 0.295 e. The van der Waals surface area contributed by atoms with E-state index in [2.05, 4.69) is 32.6 Å². The second-order valence-electron chi connectivity index (χ2n) is 10.2. The largest absolute Gasteiger partial charge is 0.507 e. The van der Waals surface area contributed by atoms with Crippen molar-refractivity contribution < 1.29 is 24.2 Å². The molecule has 1 unspecified atom stereocenters. The number of carbonyl (C=O) groups excluding carboxylic acids is 2. The number of benzene rings is 2. The second kappa shape index (κ2) is 13.5. The molecule has 3 rings (SSSR count). The van der Waals surface area contributed by atoms with Gasteiger partial charge in [0.05, 0.1) is 25.3 Å². The fraction of sp³-hybridized carbons (Fsp3) is 0.484. The molecule has 1 amide bonds. The van der Waals surface area contributed by atoms with Gasteiger partial charge < -0.3 is 24.4 Å². The third-order valence-corrected chi connectivity index (χ3v) is 7.09. The molecule has 206 valence electrons. The van der Waals surface area contributed by atoms with E-state index >= 15 is 0 Å². The maximum absolute atomic E-state index is 13.3. The van der Waals surface area contributed by atoms with E-state index in [9.17, 15) is 14.7 Å². The summed E-state index contributed by atoms with van der Waals surface area (Å²) in [5, 5.41) is 11.3. The summed E-state index contributed by atoms with van der Waals surface area (Å²) in [5.41, 5.74) is 2.32. The van der Waals surface area contributed by atoms with Gasteiger partial charge in [-0.1, -0.05) is 63.6 Å². The lowest BCUT2D eigenvalue weighted by atomic mass is 9.94. The Labute approximate surface area is 227 Å². The zero-order chi connectivity index (χ0) is 27.8. The molecule has 1 aliphatic heterocycles. The molecule has 1 N–H and O–H groups in total. The number of hydrogen-bond donors (Lipinski definition) is 1. The summed E-state index contributed by atoms with van der Waals surface area (Å²) < 4.78 is 11.6. The predicted octanol–water partition coefficient (Wildman–Crippen LogP) is 5.58. The molecule has 0 aromatic heterocycles. The summed E-state index contributed by atoms with van der Waals surface area (Å²) in [5.74, 6) is 0.199. The molecule has 7 nitrogen and oxygen atoms in total. The lowest BCUT2D eigenvalue weighted by Gasteiger charge is -2.27. The average Bonchev–Trinajstić information content (AvgIpc) is 3.16. The van der Waals surface area contributed by atoms with Crippen LogP contribution >= 0.6 is 0 Å². The number of aryl methyl sites for hydroxylation is 1. The predicted molar refractivity (Wildman–Crippen MR) is 151 cm³/mol. The van der Waals surface area contributed by atoms with Crippen LogP contribution in [0.5, 0.6) is 11.5 Å². The standard InChI is InChI=1S/C31H42N2O5/c1-7-32(8-2)17-9-18-33-28(24-14-15-25(26(20-24)37-6)38-19-16-21(3)4)27(30(35)31(33)36)29(34)23-12-10-22(5)11-13-23/h10-15,20-21,28,34H,7-9,16-19H2,1-6H3/b29-27+. The summed E-state index contributed by atoms with van der Waals surface area (Å²) in [7, 11) is 1.57. The number of methoxy groups -OCH3 is 1. The number of ketones is 1. The molecule has 7 heteroatoms. The minimum absolute atomic E-state index is 0.0946. The Morgan fingerprint density at radius 2 is 1.74 bits per heavy atom. The molecule has 1 saturated heterocycles. The number of hydrogen-bond acceptors (Lipinski definition) is 6. The summed E-state index contributed by atoms with van der Waals surface area (Å²) in [4.78, 5) is 30.5. The van der Waals surface area contributed by atoms with E-state index in [4.69, 9.17) is 9.47 Å². The van der Waals surface area contributed by atoms with Crippen LogP contribution in [0.2, 0.25) is 0 Å². The Bertz CT molecular complexity index is 1140. The second-order valence-corrected chi connectivity index (χ2v) is 10.2.